The van der Waals surface area contributed by atoms with E-state index in [4.69, 9.17) is 5.11 Å². The zero-order valence-corrected chi connectivity index (χ0v) is 20.2. The van der Waals surface area contributed by atoms with Crippen molar-refractivity contribution in [3.8, 4) is 0 Å². The Morgan fingerprint density at radius 1 is 1.06 bits per heavy atom. The number of aliphatic imine (C=N–C) groups is 1. The fraction of sp³-hybridized carbons (Fsp3) is 0.208. The lowest BCUT2D eigenvalue weighted by molar-refractivity contribution is -0.134. The van der Waals surface area contributed by atoms with Crippen molar-refractivity contribution >= 4 is 38.6 Å². The van der Waals surface area contributed by atoms with Crippen LogP contribution >= 0.6 is 11.8 Å². The van der Waals surface area contributed by atoms with Gasteiger partial charge in [0, 0.05) is 24.4 Å². The van der Waals surface area contributed by atoms with Gasteiger partial charge in [0.15, 0.2) is 0 Å². The fourth-order valence-electron chi connectivity index (χ4n) is 3.46. The van der Waals surface area contributed by atoms with Gasteiger partial charge in [-0.05, 0) is 42.0 Å². The number of aromatic nitrogens is 1. The first-order valence-electron chi connectivity index (χ1n) is 10.8. The maximum Gasteiger partial charge on any atom is 0.322 e. The number of pyridine rings is 1. The maximum atomic E-state index is 13.5. The predicted molar refractivity (Wildman–Crippen MR) is 133 cm³/mol. The Balaban J connectivity index is 1.61. The molecule has 8 nitrogen and oxygen atoms in total. The minimum Gasteiger partial charge on any atom is -0.480 e. The molecule has 182 valence electrons. The molecule has 0 fully saturated rings. The Morgan fingerprint density at radius 2 is 1.80 bits per heavy atom. The second kappa shape index (κ2) is 11.0. The van der Waals surface area contributed by atoms with Crippen molar-refractivity contribution in [3.63, 3.8) is 0 Å². The first kappa shape index (κ1) is 24.8. The maximum absolute atomic E-state index is 13.5. The lowest BCUT2D eigenvalue weighted by atomic mass is 10.1. The zero-order chi connectivity index (χ0) is 24.8. The monoisotopic (exact) mass is 514 g/mol. The molecule has 1 aromatic heterocycles. The number of carboxylic acid groups (broad SMARTS) is 1. The van der Waals surface area contributed by atoms with Crippen molar-refractivity contribution in [1.29, 1.82) is 0 Å². The van der Waals surface area contributed by atoms with Gasteiger partial charge in [0.2, 0.25) is 10.0 Å². The molecule has 1 aliphatic heterocycles. The van der Waals surface area contributed by atoms with E-state index in [-0.39, 0.29) is 24.5 Å². The fourth-order valence-corrected chi connectivity index (χ4v) is 5.72. The van der Waals surface area contributed by atoms with E-state index in [1.54, 1.807) is 30.0 Å². The van der Waals surface area contributed by atoms with Gasteiger partial charge in [-0.15, -0.1) is 11.8 Å². The standard InChI is InChI=1S/C24H23FN4O4S2/c25-19-8-10-21(11-9-19)35(32,33)29(16-20-2-1-3-22(28-20)27-14-23(30)31)15-17-4-6-18(7-5-17)24-26-12-13-34-24/h1-11H,12-16H2,(H,27,28)(H,30,31). The molecule has 0 amide bonds. The summed E-state index contributed by atoms with van der Waals surface area (Å²) in [5.41, 5.74) is 2.19. The molecule has 35 heavy (non-hydrogen) atoms. The molecule has 0 unspecified atom stereocenters. The third-order valence-electron chi connectivity index (χ3n) is 5.16. The van der Waals surface area contributed by atoms with Crippen LogP contribution in [0.4, 0.5) is 10.2 Å². The van der Waals surface area contributed by atoms with Crippen molar-refractivity contribution in [2.75, 3.05) is 24.2 Å². The van der Waals surface area contributed by atoms with Gasteiger partial charge in [-0.1, -0.05) is 30.3 Å². The minimum atomic E-state index is -3.99. The van der Waals surface area contributed by atoms with E-state index in [1.807, 2.05) is 24.3 Å². The van der Waals surface area contributed by atoms with Crippen LogP contribution in [-0.4, -0.2) is 52.7 Å². The third-order valence-corrected chi connectivity index (χ3v) is 7.99. The van der Waals surface area contributed by atoms with Gasteiger partial charge >= 0.3 is 5.97 Å². The van der Waals surface area contributed by atoms with Crippen molar-refractivity contribution in [2.24, 2.45) is 4.99 Å². The topological polar surface area (TPSA) is 112 Å². The van der Waals surface area contributed by atoms with Crippen LogP contribution in [0.2, 0.25) is 0 Å². The van der Waals surface area contributed by atoms with Crippen LogP contribution in [0.5, 0.6) is 0 Å². The number of nitrogens with one attached hydrogen (secondary N) is 1. The third kappa shape index (κ3) is 6.44. The van der Waals surface area contributed by atoms with Gasteiger partial charge in [-0.3, -0.25) is 9.79 Å². The number of hydrogen-bond acceptors (Lipinski definition) is 7. The summed E-state index contributed by atoms with van der Waals surface area (Å²) < 4.78 is 41.7. The average Bonchev–Trinajstić information content (AvgIpc) is 3.38. The molecule has 0 saturated heterocycles. The molecule has 0 spiro atoms. The molecule has 1 aliphatic rings. The summed E-state index contributed by atoms with van der Waals surface area (Å²) in [5.74, 6) is -0.294. The van der Waals surface area contributed by atoms with Gasteiger partial charge in [-0.25, -0.2) is 17.8 Å². The highest BCUT2D eigenvalue weighted by Crippen LogP contribution is 2.23. The Hall–Kier alpha value is -3.28. The number of halogens is 1. The molecular weight excluding hydrogens is 491 g/mol. The number of aliphatic carboxylic acids is 1. The van der Waals surface area contributed by atoms with Gasteiger partial charge in [0.1, 0.15) is 18.2 Å². The molecule has 11 heteroatoms. The lowest BCUT2D eigenvalue weighted by Crippen LogP contribution is -2.30. The summed E-state index contributed by atoms with van der Waals surface area (Å²) in [6.45, 7) is 0.476. The molecule has 2 heterocycles. The highest BCUT2D eigenvalue weighted by Gasteiger charge is 2.26. The van der Waals surface area contributed by atoms with Crippen LogP contribution in [0.25, 0.3) is 0 Å². The van der Waals surface area contributed by atoms with E-state index in [2.05, 4.69) is 15.3 Å². The number of nitrogens with zero attached hydrogens (tertiary/aromatic N) is 3. The Bertz CT molecular complexity index is 1330. The van der Waals surface area contributed by atoms with E-state index in [0.29, 0.717) is 11.5 Å². The minimum absolute atomic E-state index is 0.0348. The van der Waals surface area contributed by atoms with E-state index in [0.717, 1.165) is 40.6 Å². The van der Waals surface area contributed by atoms with E-state index >= 15 is 0 Å². The number of hydrogen-bond donors (Lipinski definition) is 2. The molecule has 0 radical (unpaired) electrons. The quantitative estimate of drug-likeness (QED) is 0.425. The normalized spacial score (nSPS) is 13.6. The Morgan fingerprint density at radius 3 is 2.46 bits per heavy atom. The number of anilines is 1. The molecule has 0 bridgehead atoms. The summed E-state index contributed by atoms with van der Waals surface area (Å²) in [7, 11) is -3.99. The summed E-state index contributed by atoms with van der Waals surface area (Å²) in [4.78, 5) is 19.6. The second-order valence-corrected chi connectivity index (χ2v) is 10.7. The number of sulfonamides is 1. The number of thioether (sulfide) groups is 1. The SMILES string of the molecule is O=C(O)CNc1cccc(CN(Cc2ccc(C3=NCCS3)cc2)S(=O)(=O)c2ccc(F)cc2)n1. The average molecular weight is 515 g/mol. The van der Waals surface area contributed by atoms with Gasteiger partial charge < -0.3 is 10.4 Å². The number of carbonyl (C=O) groups is 1. The lowest BCUT2D eigenvalue weighted by Gasteiger charge is -2.22. The number of rotatable bonds is 10. The van der Waals surface area contributed by atoms with Crippen molar-refractivity contribution in [1.82, 2.24) is 9.29 Å². The van der Waals surface area contributed by atoms with Crippen LogP contribution in [-0.2, 0) is 27.9 Å². The smallest absolute Gasteiger partial charge is 0.322 e. The highest BCUT2D eigenvalue weighted by molar-refractivity contribution is 8.14. The first-order chi connectivity index (χ1) is 16.8. The number of benzene rings is 2. The number of carboxylic acids is 1. The van der Waals surface area contributed by atoms with Gasteiger partial charge in [0.25, 0.3) is 0 Å². The van der Waals surface area contributed by atoms with Gasteiger partial charge in [-0.2, -0.15) is 4.31 Å². The van der Waals surface area contributed by atoms with E-state index in [1.165, 1.54) is 16.4 Å². The molecular formula is C24H23FN4O4S2. The molecule has 3 aromatic rings. The van der Waals surface area contributed by atoms with Crippen LogP contribution in [0.3, 0.4) is 0 Å². The molecule has 2 N–H and O–H groups in total. The highest BCUT2D eigenvalue weighted by atomic mass is 32.2. The predicted octanol–water partition coefficient (Wildman–Crippen LogP) is 3.60. The van der Waals surface area contributed by atoms with Crippen LogP contribution in [0, 0.1) is 5.82 Å². The zero-order valence-electron chi connectivity index (χ0n) is 18.6. The van der Waals surface area contributed by atoms with Crippen molar-refractivity contribution in [3.05, 3.63) is 89.4 Å². The van der Waals surface area contributed by atoms with Crippen LogP contribution in [0.15, 0.2) is 76.6 Å². The summed E-state index contributed by atoms with van der Waals surface area (Å²) in [6.07, 6.45) is 0. The van der Waals surface area contributed by atoms with E-state index in [9.17, 15) is 17.6 Å². The molecule has 0 aliphatic carbocycles. The van der Waals surface area contributed by atoms with Crippen molar-refractivity contribution < 1.29 is 22.7 Å². The summed E-state index contributed by atoms with van der Waals surface area (Å²) in [5, 5.41) is 12.5. The van der Waals surface area contributed by atoms with Crippen molar-refractivity contribution in [2.45, 2.75) is 18.0 Å². The van der Waals surface area contributed by atoms with Crippen LogP contribution < -0.4 is 5.32 Å². The largest absolute Gasteiger partial charge is 0.480 e. The molecule has 2 aromatic carbocycles. The summed E-state index contributed by atoms with van der Waals surface area (Å²) in [6, 6.07) is 17.2. The van der Waals surface area contributed by atoms with Gasteiger partial charge in [0.05, 0.1) is 22.2 Å². The molecule has 4 rings (SSSR count). The first-order valence-corrected chi connectivity index (χ1v) is 13.2. The molecule has 0 atom stereocenters. The summed E-state index contributed by atoms with van der Waals surface area (Å²) >= 11 is 1.69. The molecule has 0 saturated carbocycles. The second-order valence-electron chi connectivity index (χ2n) is 7.72. The van der Waals surface area contributed by atoms with Crippen LogP contribution in [0.1, 0.15) is 16.8 Å². The Kier molecular flexibility index (Phi) is 7.79. The Labute approximate surface area is 207 Å². The van der Waals surface area contributed by atoms with E-state index < -0.39 is 21.8 Å².